The van der Waals surface area contributed by atoms with Gasteiger partial charge in [-0.15, -0.1) is 0 Å². The van der Waals surface area contributed by atoms with E-state index in [2.05, 4.69) is 76.2 Å². The molecule has 2 rings (SSSR count). The summed E-state index contributed by atoms with van der Waals surface area (Å²) in [5.41, 5.74) is 2.65. The Labute approximate surface area is 124 Å². The molecule has 2 aromatic rings. The fourth-order valence-electron chi connectivity index (χ4n) is 2.26. The molecule has 0 amide bonds. The van der Waals surface area contributed by atoms with E-state index < -0.39 is 0 Å². The third-order valence-electron chi connectivity index (χ3n) is 3.35. The highest BCUT2D eigenvalue weighted by Crippen LogP contribution is 2.23. The smallest absolute Gasteiger partial charge is 0.0364 e. The summed E-state index contributed by atoms with van der Waals surface area (Å²) >= 11 is 3.61. The van der Waals surface area contributed by atoms with E-state index in [1.807, 2.05) is 6.07 Å². The molecule has 0 aliphatic rings. The summed E-state index contributed by atoms with van der Waals surface area (Å²) in [6.45, 7) is 6.40. The van der Waals surface area contributed by atoms with Gasteiger partial charge in [-0.25, -0.2) is 0 Å². The Morgan fingerprint density at radius 3 is 2.74 bits per heavy atom. The van der Waals surface area contributed by atoms with Crippen molar-refractivity contribution in [3.8, 4) is 0 Å². The third-order valence-corrected chi connectivity index (χ3v) is 4.07. The monoisotopic (exact) mass is 320 g/mol. The predicted molar refractivity (Wildman–Crippen MR) is 84.1 cm³/mol. The molecule has 0 aliphatic heterocycles. The van der Waals surface area contributed by atoms with Crippen molar-refractivity contribution in [3.05, 3.63) is 58.3 Å². The highest BCUT2D eigenvalue weighted by atomic mass is 79.9. The highest BCUT2D eigenvalue weighted by Gasteiger charge is 2.09. The van der Waals surface area contributed by atoms with Crippen LogP contribution in [0.15, 0.2) is 47.1 Å². The first kappa shape index (κ1) is 14.4. The number of aromatic nitrogens is 1. The molecule has 1 aromatic heterocycles. The molecule has 0 saturated carbocycles. The lowest BCUT2D eigenvalue weighted by Gasteiger charge is -2.17. The first-order valence-electron chi connectivity index (χ1n) is 6.84. The van der Waals surface area contributed by atoms with Crippen LogP contribution in [0.25, 0.3) is 0 Å². The summed E-state index contributed by atoms with van der Waals surface area (Å²) in [6, 6.07) is 13.0. The summed E-state index contributed by atoms with van der Waals surface area (Å²) in [4.78, 5) is 0. The molecular formula is C16H21BrN2. The van der Waals surface area contributed by atoms with Crippen molar-refractivity contribution < 1.29 is 0 Å². The zero-order valence-electron chi connectivity index (χ0n) is 11.6. The van der Waals surface area contributed by atoms with Crippen molar-refractivity contribution in [3.63, 3.8) is 0 Å². The SMILES string of the molecule is CCCn1cccc1CN[C@@H](C)c1ccccc1Br. The van der Waals surface area contributed by atoms with Gasteiger partial charge in [0, 0.05) is 35.5 Å². The average molecular weight is 321 g/mol. The van der Waals surface area contributed by atoms with E-state index in [-0.39, 0.29) is 0 Å². The van der Waals surface area contributed by atoms with E-state index in [1.165, 1.54) is 22.2 Å². The average Bonchev–Trinajstić information content (AvgIpc) is 2.84. The molecule has 0 fully saturated rings. The quantitative estimate of drug-likeness (QED) is 0.828. The van der Waals surface area contributed by atoms with Crippen molar-refractivity contribution in [2.45, 2.75) is 39.4 Å². The van der Waals surface area contributed by atoms with Crippen molar-refractivity contribution in [2.75, 3.05) is 0 Å². The molecule has 0 saturated heterocycles. The number of aryl methyl sites for hydroxylation is 1. The van der Waals surface area contributed by atoms with Crippen LogP contribution in [0.4, 0.5) is 0 Å². The molecule has 0 spiro atoms. The van der Waals surface area contributed by atoms with E-state index in [1.54, 1.807) is 0 Å². The lowest BCUT2D eigenvalue weighted by Crippen LogP contribution is -2.20. The molecule has 2 nitrogen and oxygen atoms in total. The van der Waals surface area contributed by atoms with E-state index in [0.717, 1.165) is 13.1 Å². The molecule has 102 valence electrons. The third kappa shape index (κ3) is 3.71. The Kier molecular flexibility index (Phi) is 5.23. The first-order chi connectivity index (χ1) is 9.22. The molecule has 0 unspecified atom stereocenters. The van der Waals surface area contributed by atoms with Crippen LogP contribution in [0.5, 0.6) is 0 Å². The van der Waals surface area contributed by atoms with Gasteiger partial charge >= 0.3 is 0 Å². The van der Waals surface area contributed by atoms with Crippen LogP contribution >= 0.6 is 15.9 Å². The maximum Gasteiger partial charge on any atom is 0.0364 e. The lowest BCUT2D eigenvalue weighted by molar-refractivity contribution is 0.540. The van der Waals surface area contributed by atoms with Gasteiger partial charge in [-0.2, -0.15) is 0 Å². The van der Waals surface area contributed by atoms with Crippen LogP contribution in [-0.2, 0) is 13.1 Å². The number of rotatable bonds is 6. The van der Waals surface area contributed by atoms with Gasteiger partial charge in [-0.1, -0.05) is 41.1 Å². The van der Waals surface area contributed by atoms with E-state index in [9.17, 15) is 0 Å². The maximum absolute atomic E-state index is 3.61. The van der Waals surface area contributed by atoms with Gasteiger partial charge in [0.25, 0.3) is 0 Å². The number of hydrogen-bond acceptors (Lipinski definition) is 1. The number of hydrogen-bond donors (Lipinski definition) is 1. The Morgan fingerprint density at radius 2 is 2.00 bits per heavy atom. The molecular weight excluding hydrogens is 300 g/mol. The predicted octanol–water partition coefficient (Wildman–Crippen LogP) is 4.51. The van der Waals surface area contributed by atoms with Crippen molar-refractivity contribution >= 4 is 15.9 Å². The summed E-state index contributed by atoms with van der Waals surface area (Å²) in [7, 11) is 0. The summed E-state index contributed by atoms with van der Waals surface area (Å²) in [5.74, 6) is 0. The molecule has 1 N–H and O–H groups in total. The Hall–Kier alpha value is -1.06. The van der Waals surface area contributed by atoms with E-state index in [0.29, 0.717) is 6.04 Å². The van der Waals surface area contributed by atoms with Crippen LogP contribution in [0.1, 0.15) is 37.6 Å². The van der Waals surface area contributed by atoms with Gasteiger partial charge in [-0.05, 0) is 37.1 Å². The van der Waals surface area contributed by atoms with Gasteiger partial charge < -0.3 is 9.88 Å². The van der Waals surface area contributed by atoms with Gasteiger partial charge in [0.1, 0.15) is 0 Å². The van der Waals surface area contributed by atoms with Gasteiger partial charge in [0.2, 0.25) is 0 Å². The Morgan fingerprint density at radius 1 is 1.21 bits per heavy atom. The van der Waals surface area contributed by atoms with Crippen molar-refractivity contribution in [1.82, 2.24) is 9.88 Å². The molecule has 0 aliphatic carbocycles. The number of nitrogens with one attached hydrogen (secondary N) is 1. The zero-order chi connectivity index (χ0) is 13.7. The van der Waals surface area contributed by atoms with E-state index >= 15 is 0 Å². The molecule has 0 bridgehead atoms. The van der Waals surface area contributed by atoms with Crippen LogP contribution in [0.2, 0.25) is 0 Å². The second-order valence-electron chi connectivity index (χ2n) is 4.82. The van der Waals surface area contributed by atoms with Crippen molar-refractivity contribution in [1.29, 1.82) is 0 Å². The highest BCUT2D eigenvalue weighted by molar-refractivity contribution is 9.10. The molecule has 19 heavy (non-hydrogen) atoms. The number of halogens is 1. The first-order valence-corrected chi connectivity index (χ1v) is 7.63. The topological polar surface area (TPSA) is 17.0 Å². The Bertz CT molecular complexity index is 519. The minimum absolute atomic E-state index is 0.334. The molecule has 1 aromatic carbocycles. The Balaban J connectivity index is 1.98. The van der Waals surface area contributed by atoms with Gasteiger partial charge in [0.15, 0.2) is 0 Å². The standard InChI is InChI=1S/C16H21BrN2/c1-3-10-19-11-6-7-14(19)12-18-13(2)15-8-4-5-9-16(15)17/h4-9,11,13,18H,3,10,12H2,1-2H3/t13-/m0/s1. The van der Waals surface area contributed by atoms with Crippen LogP contribution < -0.4 is 5.32 Å². The molecule has 1 heterocycles. The molecule has 1 atom stereocenters. The maximum atomic E-state index is 3.61. The van der Waals surface area contributed by atoms with Crippen LogP contribution in [0.3, 0.4) is 0 Å². The summed E-state index contributed by atoms with van der Waals surface area (Å²) in [5, 5.41) is 3.59. The second-order valence-corrected chi connectivity index (χ2v) is 5.67. The molecule has 0 radical (unpaired) electrons. The summed E-state index contributed by atoms with van der Waals surface area (Å²) < 4.78 is 3.48. The largest absolute Gasteiger partial charge is 0.350 e. The number of benzene rings is 1. The van der Waals surface area contributed by atoms with Crippen molar-refractivity contribution in [2.24, 2.45) is 0 Å². The summed E-state index contributed by atoms with van der Waals surface area (Å²) in [6.07, 6.45) is 3.32. The van der Waals surface area contributed by atoms with E-state index in [4.69, 9.17) is 0 Å². The fraction of sp³-hybridized carbons (Fsp3) is 0.375. The minimum Gasteiger partial charge on any atom is -0.350 e. The fourth-order valence-corrected chi connectivity index (χ4v) is 2.89. The minimum atomic E-state index is 0.334. The normalized spacial score (nSPS) is 12.6. The van der Waals surface area contributed by atoms with Gasteiger partial charge in [0.05, 0.1) is 0 Å². The second kappa shape index (κ2) is 6.92. The lowest BCUT2D eigenvalue weighted by atomic mass is 10.1. The van der Waals surface area contributed by atoms with Crippen LogP contribution in [0, 0.1) is 0 Å². The number of nitrogens with zero attached hydrogens (tertiary/aromatic N) is 1. The molecule has 3 heteroatoms. The zero-order valence-corrected chi connectivity index (χ0v) is 13.2. The van der Waals surface area contributed by atoms with Gasteiger partial charge in [-0.3, -0.25) is 0 Å². The van der Waals surface area contributed by atoms with Crippen LogP contribution in [-0.4, -0.2) is 4.57 Å².